The smallest absolute Gasteiger partial charge is 0.322 e. The van der Waals surface area contributed by atoms with E-state index in [1.54, 1.807) is 0 Å². The molecular weight excluding hydrogens is 214 g/mol. The van der Waals surface area contributed by atoms with Crippen LogP contribution in [-0.4, -0.2) is 17.9 Å². The fraction of sp³-hybridized carbons (Fsp3) is 0.143. The number of aliphatic imine (C=N–C) groups is 1. The topological polar surface area (TPSA) is 38.7 Å². The number of ether oxygens (including phenoxy) is 1. The summed E-state index contributed by atoms with van der Waals surface area (Å²) >= 11 is 0. The van der Waals surface area contributed by atoms with E-state index in [2.05, 4.69) is 4.99 Å². The van der Waals surface area contributed by atoms with E-state index in [0.29, 0.717) is 5.90 Å². The number of allylic oxidation sites excluding steroid dienone is 2. The van der Waals surface area contributed by atoms with Crippen molar-refractivity contribution in [1.82, 2.24) is 0 Å². The quantitative estimate of drug-likeness (QED) is 0.686. The van der Waals surface area contributed by atoms with Gasteiger partial charge in [-0.25, -0.2) is 4.99 Å². The molecule has 84 valence electrons. The van der Waals surface area contributed by atoms with Gasteiger partial charge in [-0.3, -0.25) is 4.79 Å². The summed E-state index contributed by atoms with van der Waals surface area (Å²) in [5, 5.41) is 0. The maximum atomic E-state index is 11.8. The standard InChI is InChI=1S/C14H11NO2/c16-14-11-8-4-5-9-12(11)15-13(17-14)10-6-2-1-3-7-10/h1-9,11-12H. The Morgan fingerprint density at radius 3 is 2.65 bits per heavy atom. The lowest BCUT2D eigenvalue weighted by atomic mass is 9.94. The lowest BCUT2D eigenvalue weighted by Gasteiger charge is -2.25. The number of benzene rings is 1. The second-order valence-corrected chi connectivity index (χ2v) is 4.01. The van der Waals surface area contributed by atoms with E-state index < -0.39 is 0 Å². The number of hydrogen-bond donors (Lipinski definition) is 0. The van der Waals surface area contributed by atoms with Crippen LogP contribution < -0.4 is 0 Å². The molecule has 1 heterocycles. The van der Waals surface area contributed by atoms with Gasteiger partial charge >= 0.3 is 5.97 Å². The van der Waals surface area contributed by atoms with Gasteiger partial charge in [-0.1, -0.05) is 42.5 Å². The van der Waals surface area contributed by atoms with E-state index >= 15 is 0 Å². The average molecular weight is 225 g/mol. The Hall–Kier alpha value is -2.16. The number of cyclic esters (lactones) is 1. The summed E-state index contributed by atoms with van der Waals surface area (Å²) in [4.78, 5) is 16.3. The number of fused-ring (bicyclic) bond motifs is 1. The van der Waals surface area contributed by atoms with Gasteiger partial charge in [0.2, 0.25) is 5.90 Å². The summed E-state index contributed by atoms with van der Waals surface area (Å²) in [5.74, 6) is -0.0892. The number of nitrogens with zero attached hydrogens (tertiary/aromatic N) is 1. The van der Waals surface area contributed by atoms with Crippen molar-refractivity contribution < 1.29 is 9.53 Å². The molecule has 17 heavy (non-hydrogen) atoms. The molecule has 0 radical (unpaired) electrons. The Morgan fingerprint density at radius 2 is 1.82 bits per heavy atom. The second-order valence-electron chi connectivity index (χ2n) is 4.01. The molecule has 0 bridgehead atoms. The zero-order chi connectivity index (χ0) is 11.7. The Labute approximate surface area is 99.1 Å². The highest BCUT2D eigenvalue weighted by Gasteiger charge is 2.33. The molecule has 0 amide bonds. The maximum absolute atomic E-state index is 11.8. The monoisotopic (exact) mass is 225 g/mol. The van der Waals surface area contributed by atoms with Crippen LogP contribution >= 0.6 is 0 Å². The van der Waals surface area contributed by atoms with Crippen molar-refractivity contribution in [3.8, 4) is 0 Å². The molecule has 2 unspecified atom stereocenters. The minimum absolute atomic E-state index is 0.128. The molecule has 1 aliphatic carbocycles. The summed E-state index contributed by atoms with van der Waals surface area (Å²) in [6.07, 6.45) is 7.52. The zero-order valence-corrected chi connectivity index (χ0v) is 9.11. The van der Waals surface area contributed by atoms with Gasteiger partial charge in [-0.2, -0.15) is 0 Å². The molecule has 0 aromatic heterocycles. The summed E-state index contributed by atoms with van der Waals surface area (Å²) in [6, 6.07) is 9.35. The summed E-state index contributed by atoms with van der Waals surface area (Å²) in [7, 11) is 0. The lowest BCUT2D eigenvalue weighted by molar-refractivity contribution is -0.139. The Bertz CT molecular complexity index is 528. The van der Waals surface area contributed by atoms with Crippen molar-refractivity contribution in [2.75, 3.05) is 0 Å². The van der Waals surface area contributed by atoms with Crippen LogP contribution in [-0.2, 0) is 9.53 Å². The van der Waals surface area contributed by atoms with Crippen molar-refractivity contribution in [2.24, 2.45) is 10.9 Å². The molecule has 0 saturated carbocycles. The van der Waals surface area contributed by atoms with Gasteiger partial charge in [0.05, 0.1) is 6.04 Å². The fourth-order valence-electron chi connectivity index (χ4n) is 1.98. The summed E-state index contributed by atoms with van der Waals surface area (Å²) in [5.41, 5.74) is 0.835. The first kappa shape index (κ1) is 10.0. The van der Waals surface area contributed by atoms with Gasteiger partial charge < -0.3 is 4.74 Å². The highest BCUT2D eigenvalue weighted by atomic mass is 16.5. The van der Waals surface area contributed by atoms with Gasteiger partial charge in [-0.05, 0) is 12.1 Å². The minimum atomic E-state index is -0.271. The van der Waals surface area contributed by atoms with Gasteiger partial charge in [0.15, 0.2) is 0 Å². The Balaban J connectivity index is 1.98. The van der Waals surface area contributed by atoms with Crippen molar-refractivity contribution in [3.63, 3.8) is 0 Å². The van der Waals surface area contributed by atoms with Gasteiger partial charge in [0, 0.05) is 5.56 Å². The van der Waals surface area contributed by atoms with Gasteiger partial charge in [0.1, 0.15) is 5.92 Å². The van der Waals surface area contributed by atoms with Crippen molar-refractivity contribution in [2.45, 2.75) is 6.04 Å². The van der Waals surface area contributed by atoms with Gasteiger partial charge in [0.25, 0.3) is 0 Å². The van der Waals surface area contributed by atoms with E-state index in [4.69, 9.17) is 4.74 Å². The van der Waals surface area contributed by atoms with Crippen LogP contribution in [0.4, 0.5) is 0 Å². The number of esters is 1. The first-order valence-corrected chi connectivity index (χ1v) is 5.54. The minimum Gasteiger partial charge on any atom is -0.407 e. The third kappa shape index (κ3) is 1.80. The van der Waals surface area contributed by atoms with Crippen LogP contribution in [0.2, 0.25) is 0 Å². The lowest BCUT2D eigenvalue weighted by Crippen LogP contribution is -2.35. The van der Waals surface area contributed by atoms with Crippen LogP contribution in [0.5, 0.6) is 0 Å². The SMILES string of the molecule is O=C1OC(c2ccccc2)=NC2C=CC=CC12. The second kappa shape index (κ2) is 4.01. The molecule has 3 nitrogen and oxygen atoms in total. The Morgan fingerprint density at radius 1 is 1.06 bits per heavy atom. The van der Waals surface area contributed by atoms with E-state index in [9.17, 15) is 4.79 Å². The zero-order valence-electron chi connectivity index (χ0n) is 9.11. The van der Waals surface area contributed by atoms with E-state index in [-0.39, 0.29) is 17.9 Å². The number of rotatable bonds is 1. The van der Waals surface area contributed by atoms with Crippen molar-refractivity contribution in [3.05, 3.63) is 60.2 Å². The first-order chi connectivity index (χ1) is 8.34. The molecule has 1 aliphatic heterocycles. The molecule has 3 rings (SSSR count). The summed E-state index contributed by atoms with van der Waals surface area (Å²) in [6.45, 7) is 0. The van der Waals surface area contributed by atoms with Crippen molar-refractivity contribution >= 4 is 11.9 Å². The van der Waals surface area contributed by atoms with Crippen LogP contribution in [0.15, 0.2) is 59.6 Å². The van der Waals surface area contributed by atoms with E-state index in [0.717, 1.165) is 5.56 Å². The predicted octanol–water partition coefficient (Wildman–Crippen LogP) is 2.10. The first-order valence-electron chi connectivity index (χ1n) is 5.54. The maximum Gasteiger partial charge on any atom is 0.322 e. The van der Waals surface area contributed by atoms with E-state index in [1.807, 2.05) is 54.6 Å². The molecule has 0 fully saturated rings. The van der Waals surface area contributed by atoms with Crippen molar-refractivity contribution in [1.29, 1.82) is 0 Å². The molecule has 1 aromatic carbocycles. The normalized spacial score (nSPS) is 26.1. The van der Waals surface area contributed by atoms with Crippen LogP contribution in [0.1, 0.15) is 5.56 Å². The molecule has 2 aliphatic rings. The summed E-state index contributed by atoms with van der Waals surface area (Å²) < 4.78 is 5.27. The highest BCUT2D eigenvalue weighted by molar-refractivity contribution is 6.03. The third-order valence-electron chi connectivity index (χ3n) is 2.86. The van der Waals surface area contributed by atoms with Crippen LogP contribution in [0, 0.1) is 5.92 Å². The molecule has 0 spiro atoms. The number of carbonyl (C=O) groups is 1. The predicted molar refractivity (Wildman–Crippen MR) is 64.6 cm³/mol. The third-order valence-corrected chi connectivity index (χ3v) is 2.86. The highest BCUT2D eigenvalue weighted by Crippen LogP contribution is 2.23. The molecule has 3 heteroatoms. The van der Waals surface area contributed by atoms with E-state index in [1.165, 1.54) is 0 Å². The fourth-order valence-corrected chi connectivity index (χ4v) is 1.98. The number of hydrogen-bond acceptors (Lipinski definition) is 3. The molecular formula is C14H11NO2. The number of carbonyl (C=O) groups excluding carboxylic acids is 1. The molecule has 1 aromatic rings. The molecule has 2 atom stereocenters. The van der Waals surface area contributed by atoms with Crippen LogP contribution in [0.3, 0.4) is 0 Å². The average Bonchev–Trinajstić information content (AvgIpc) is 2.40. The molecule has 0 N–H and O–H groups in total. The van der Waals surface area contributed by atoms with Crippen LogP contribution in [0.25, 0.3) is 0 Å². The molecule has 0 saturated heterocycles. The van der Waals surface area contributed by atoms with Gasteiger partial charge in [-0.15, -0.1) is 0 Å². The largest absolute Gasteiger partial charge is 0.407 e. The Kier molecular flexibility index (Phi) is 2.37.